The van der Waals surface area contributed by atoms with E-state index in [1.54, 1.807) is 26.0 Å². The maximum absolute atomic E-state index is 12.5. The molecule has 148 valence electrons. The Morgan fingerprint density at radius 3 is 2.43 bits per heavy atom. The lowest BCUT2D eigenvalue weighted by molar-refractivity contribution is 0.443. The second kappa shape index (κ2) is 8.12. The largest absolute Gasteiger partial charge is 0.439 e. The number of aryl methyl sites for hydroxylation is 1. The molecule has 0 N–H and O–H groups in total. The minimum absolute atomic E-state index is 0.112. The maximum Gasteiger partial charge on any atom is 0.336 e. The molecule has 2 heterocycles. The second-order valence-electron chi connectivity index (χ2n) is 6.13. The molecular formula is C20H22N2O5S. The van der Waals surface area contributed by atoms with Gasteiger partial charge in [0.25, 0.3) is 0 Å². The summed E-state index contributed by atoms with van der Waals surface area (Å²) in [5, 5.41) is 0.850. The molecule has 0 atom stereocenters. The highest BCUT2D eigenvalue weighted by Crippen LogP contribution is 2.26. The highest BCUT2D eigenvalue weighted by Gasteiger charge is 2.22. The van der Waals surface area contributed by atoms with Crippen molar-refractivity contribution in [1.82, 2.24) is 9.29 Å². The fraction of sp³-hybridized carbons (Fsp3) is 0.300. The van der Waals surface area contributed by atoms with Gasteiger partial charge in [-0.25, -0.2) is 18.2 Å². The Labute approximate surface area is 163 Å². The summed E-state index contributed by atoms with van der Waals surface area (Å²) in [4.78, 5) is 15.9. The molecule has 0 radical (unpaired) electrons. The Morgan fingerprint density at radius 2 is 1.82 bits per heavy atom. The molecule has 0 aliphatic rings. The van der Waals surface area contributed by atoms with E-state index >= 15 is 0 Å². The van der Waals surface area contributed by atoms with E-state index in [9.17, 15) is 13.2 Å². The van der Waals surface area contributed by atoms with E-state index < -0.39 is 15.6 Å². The molecular weight excluding hydrogens is 380 g/mol. The zero-order valence-corrected chi connectivity index (χ0v) is 16.8. The summed E-state index contributed by atoms with van der Waals surface area (Å²) in [6.45, 7) is 6.32. The van der Waals surface area contributed by atoms with Gasteiger partial charge in [-0.15, -0.1) is 0 Å². The first kappa shape index (κ1) is 20.0. The molecule has 0 saturated carbocycles. The maximum atomic E-state index is 12.5. The first-order valence-corrected chi connectivity index (χ1v) is 10.5. The van der Waals surface area contributed by atoms with Gasteiger partial charge in [0, 0.05) is 36.7 Å². The molecule has 1 aromatic carbocycles. The molecule has 0 saturated heterocycles. The van der Waals surface area contributed by atoms with Crippen LogP contribution in [0.25, 0.3) is 11.0 Å². The number of nitrogens with zero attached hydrogens (tertiary/aromatic N) is 2. The average molecular weight is 402 g/mol. The molecule has 28 heavy (non-hydrogen) atoms. The molecule has 3 rings (SSSR count). The van der Waals surface area contributed by atoms with Crippen LogP contribution in [-0.2, 0) is 16.4 Å². The van der Waals surface area contributed by atoms with E-state index in [0.29, 0.717) is 30.8 Å². The fourth-order valence-corrected chi connectivity index (χ4v) is 4.38. The minimum atomic E-state index is -3.57. The number of rotatable bonds is 7. The fourth-order valence-electron chi connectivity index (χ4n) is 2.98. The SMILES string of the molecule is CCc1cc(=O)oc2cc(Oc3ccc(S(=O)(=O)N(CC)CC)cn3)ccc12. The van der Waals surface area contributed by atoms with E-state index in [4.69, 9.17) is 9.15 Å². The molecule has 0 bridgehead atoms. The number of benzene rings is 1. The summed E-state index contributed by atoms with van der Waals surface area (Å²) in [5.41, 5.74) is 0.926. The van der Waals surface area contributed by atoms with Crippen LogP contribution in [0.5, 0.6) is 11.6 Å². The Kier molecular flexibility index (Phi) is 5.81. The molecule has 7 nitrogen and oxygen atoms in total. The van der Waals surface area contributed by atoms with Crippen LogP contribution >= 0.6 is 0 Å². The van der Waals surface area contributed by atoms with Crippen LogP contribution in [0.15, 0.2) is 56.7 Å². The van der Waals surface area contributed by atoms with Crippen LogP contribution in [0.2, 0.25) is 0 Å². The van der Waals surface area contributed by atoms with Gasteiger partial charge in [0.2, 0.25) is 15.9 Å². The minimum Gasteiger partial charge on any atom is -0.439 e. The van der Waals surface area contributed by atoms with Crippen molar-refractivity contribution in [3.05, 3.63) is 58.6 Å². The van der Waals surface area contributed by atoms with Crippen LogP contribution in [0.1, 0.15) is 26.3 Å². The van der Waals surface area contributed by atoms with E-state index in [1.807, 2.05) is 13.0 Å². The Morgan fingerprint density at radius 1 is 1.07 bits per heavy atom. The quantitative estimate of drug-likeness (QED) is 0.561. The molecule has 0 aliphatic carbocycles. The van der Waals surface area contributed by atoms with Crippen LogP contribution in [-0.4, -0.2) is 30.8 Å². The van der Waals surface area contributed by atoms with E-state index in [1.165, 1.54) is 28.7 Å². The summed E-state index contributed by atoms with van der Waals surface area (Å²) in [6, 6.07) is 9.65. The highest BCUT2D eigenvalue weighted by atomic mass is 32.2. The van der Waals surface area contributed by atoms with Gasteiger partial charge in [-0.1, -0.05) is 20.8 Å². The normalized spacial score (nSPS) is 11.9. The highest BCUT2D eigenvalue weighted by molar-refractivity contribution is 7.89. The van der Waals surface area contributed by atoms with Crippen molar-refractivity contribution in [2.45, 2.75) is 32.1 Å². The van der Waals surface area contributed by atoms with Gasteiger partial charge in [0.15, 0.2) is 0 Å². The summed E-state index contributed by atoms with van der Waals surface area (Å²) >= 11 is 0. The van der Waals surface area contributed by atoms with Crippen molar-refractivity contribution in [1.29, 1.82) is 0 Å². The average Bonchev–Trinajstić information content (AvgIpc) is 2.68. The lowest BCUT2D eigenvalue weighted by atomic mass is 10.1. The van der Waals surface area contributed by atoms with Crippen molar-refractivity contribution < 1.29 is 17.6 Å². The van der Waals surface area contributed by atoms with Gasteiger partial charge in [-0.3, -0.25) is 0 Å². The number of sulfonamides is 1. The smallest absolute Gasteiger partial charge is 0.336 e. The third-order valence-electron chi connectivity index (χ3n) is 4.46. The first-order chi connectivity index (χ1) is 13.4. The zero-order chi connectivity index (χ0) is 20.3. The number of aromatic nitrogens is 1. The number of fused-ring (bicyclic) bond motifs is 1. The third-order valence-corrected chi connectivity index (χ3v) is 6.49. The number of ether oxygens (including phenoxy) is 1. The van der Waals surface area contributed by atoms with Gasteiger partial charge in [-0.2, -0.15) is 4.31 Å². The molecule has 0 amide bonds. The van der Waals surface area contributed by atoms with Crippen LogP contribution < -0.4 is 10.4 Å². The molecule has 8 heteroatoms. The van der Waals surface area contributed by atoms with Gasteiger partial charge < -0.3 is 9.15 Å². The molecule has 0 fully saturated rings. The lowest BCUT2D eigenvalue weighted by Gasteiger charge is -2.18. The van der Waals surface area contributed by atoms with Crippen LogP contribution in [0, 0.1) is 0 Å². The zero-order valence-electron chi connectivity index (χ0n) is 16.0. The molecule has 3 aromatic rings. The standard InChI is InChI=1S/C20H22N2O5S/c1-4-14-11-20(23)27-18-12-15(7-9-17(14)18)26-19-10-8-16(13-21-19)28(24,25)22(5-2)6-3/h7-13H,4-6H2,1-3H3. The van der Waals surface area contributed by atoms with Gasteiger partial charge in [0.1, 0.15) is 16.2 Å². The van der Waals surface area contributed by atoms with Crippen molar-refractivity contribution in [3.8, 4) is 11.6 Å². The van der Waals surface area contributed by atoms with Gasteiger partial charge in [-0.05, 0) is 30.2 Å². The summed E-state index contributed by atoms with van der Waals surface area (Å²) < 4.78 is 37.3. The van der Waals surface area contributed by atoms with Crippen LogP contribution in [0.3, 0.4) is 0 Å². The van der Waals surface area contributed by atoms with Crippen molar-refractivity contribution in [2.24, 2.45) is 0 Å². The van der Waals surface area contributed by atoms with Crippen molar-refractivity contribution in [2.75, 3.05) is 13.1 Å². The van der Waals surface area contributed by atoms with E-state index in [2.05, 4.69) is 4.98 Å². The number of hydrogen-bond donors (Lipinski definition) is 0. The third kappa shape index (κ3) is 3.93. The summed E-state index contributed by atoms with van der Waals surface area (Å²) in [6.07, 6.45) is 1.99. The van der Waals surface area contributed by atoms with E-state index in [0.717, 1.165) is 10.9 Å². The topological polar surface area (TPSA) is 89.7 Å². The molecule has 2 aromatic heterocycles. The molecule has 0 unspecified atom stereocenters. The predicted molar refractivity (Wildman–Crippen MR) is 106 cm³/mol. The second-order valence-corrected chi connectivity index (χ2v) is 8.06. The Balaban J connectivity index is 1.87. The monoisotopic (exact) mass is 402 g/mol. The van der Waals surface area contributed by atoms with E-state index in [-0.39, 0.29) is 10.8 Å². The predicted octanol–water partition coefficient (Wildman–Crippen LogP) is 3.57. The number of pyridine rings is 1. The summed E-state index contributed by atoms with van der Waals surface area (Å²) in [5.74, 6) is 0.683. The Bertz CT molecular complexity index is 1130. The first-order valence-electron chi connectivity index (χ1n) is 9.09. The number of hydrogen-bond acceptors (Lipinski definition) is 6. The summed E-state index contributed by atoms with van der Waals surface area (Å²) in [7, 11) is -3.57. The van der Waals surface area contributed by atoms with Crippen molar-refractivity contribution >= 4 is 21.0 Å². The molecule has 0 spiro atoms. The lowest BCUT2D eigenvalue weighted by Crippen LogP contribution is -2.30. The van der Waals surface area contributed by atoms with Gasteiger partial charge in [0.05, 0.1) is 6.20 Å². The molecule has 0 aliphatic heterocycles. The Hall–Kier alpha value is -2.71. The van der Waals surface area contributed by atoms with Crippen molar-refractivity contribution in [3.63, 3.8) is 0 Å². The van der Waals surface area contributed by atoms with Crippen LogP contribution in [0.4, 0.5) is 0 Å². The van der Waals surface area contributed by atoms with Gasteiger partial charge >= 0.3 is 5.63 Å².